The van der Waals surface area contributed by atoms with Crippen LogP contribution in [0, 0.1) is 0 Å². The van der Waals surface area contributed by atoms with Gasteiger partial charge >= 0.3 is 0 Å². The summed E-state index contributed by atoms with van der Waals surface area (Å²) in [5, 5.41) is 0.927. The molecule has 1 heterocycles. The van der Waals surface area contributed by atoms with Crippen LogP contribution in [-0.4, -0.2) is 7.11 Å². The topological polar surface area (TPSA) is 22.4 Å². The molecule has 90 valence electrons. The molecule has 0 fully saturated rings. The number of hydrogen-bond acceptors (Lipinski definition) is 2. The zero-order valence-electron chi connectivity index (χ0n) is 8.91. The van der Waals surface area contributed by atoms with Gasteiger partial charge in [0.05, 0.1) is 17.0 Å². The van der Waals surface area contributed by atoms with Crippen molar-refractivity contribution in [2.45, 2.75) is 4.83 Å². The average Bonchev–Trinajstić information content (AvgIpc) is 2.75. The molecule has 0 radical (unpaired) electrons. The first-order chi connectivity index (χ1) is 8.11. The van der Waals surface area contributed by atoms with Crippen LogP contribution < -0.4 is 4.74 Å². The predicted molar refractivity (Wildman–Crippen MR) is 72.5 cm³/mol. The molecule has 2 rings (SSSR count). The summed E-state index contributed by atoms with van der Waals surface area (Å²) in [5.74, 6) is 1.38. The molecule has 1 unspecified atom stereocenters. The van der Waals surface area contributed by atoms with Gasteiger partial charge in [0, 0.05) is 0 Å². The molecule has 0 aliphatic carbocycles. The minimum Gasteiger partial charge on any atom is -0.495 e. The van der Waals surface area contributed by atoms with Gasteiger partial charge in [-0.1, -0.05) is 33.6 Å². The van der Waals surface area contributed by atoms with E-state index in [0.717, 1.165) is 11.3 Å². The standard InChI is InChI=1S/C12H9BrCl2O2/c1-16-9-3-2-7(6-8(9)14)12(13)10-4-5-11(15)17-10/h2-6,12H,1H3. The van der Waals surface area contributed by atoms with Gasteiger partial charge in [0.25, 0.3) is 0 Å². The van der Waals surface area contributed by atoms with Crippen LogP contribution in [0.15, 0.2) is 34.7 Å². The van der Waals surface area contributed by atoms with Crippen molar-refractivity contribution in [3.63, 3.8) is 0 Å². The Labute approximate surface area is 118 Å². The van der Waals surface area contributed by atoms with E-state index in [2.05, 4.69) is 15.9 Å². The SMILES string of the molecule is COc1ccc(C(Br)c2ccc(Cl)o2)cc1Cl. The second kappa shape index (κ2) is 5.34. The van der Waals surface area contributed by atoms with Crippen LogP contribution in [0.2, 0.25) is 10.2 Å². The number of benzene rings is 1. The molecular weight excluding hydrogens is 327 g/mol. The first-order valence-electron chi connectivity index (χ1n) is 4.84. The average molecular weight is 336 g/mol. The molecule has 0 bridgehead atoms. The Morgan fingerprint density at radius 1 is 1.24 bits per heavy atom. The Kier molecular flexibility index (Phi) is 4.02. The lowest BCUT2D eigenvalue weighted by Gasteiger charge is -2.09. The van der Waals surface area contributed by atoms with E-state index in [1.54, 1.807) is 13.2 Å². The number of hydrogen-bond donors (Lipinski definition) is 0. The monoisotopic (exact) mass is 334 g/mol. The Balaban J connectivity index is 2.31. The third-order valence-electron chi connectivity index (χ3n) is 2.31. The second-order valence-electron chi connectivity index (χ2n) is 3.40. The molecule has 1 aromatic carbocycles. The summed E-state index contributed by atoms with van der Waals surface area (Å²) in [7, 11) is 1.58. The van der Waals surface area contributed by atoms with Gasteiger partial charge in [-0.2, -0.15) is 0 Å². The Morgan fingerprint density at radius 2 is 2.00 bits per heavy atom. The third-order valence-corrected chi connectivity index (χ3v) is 3.79. The van der Waals surface area contributed by atoms with Crippen molar-refractivity contribution in [2.75, 3.05) is 7.11 Å². The summed E-state index contributed by atoms with van der Waals surface area (Å²) in [6.07, 6.45) is 0. The van der Waals surface area contributed by atoms with Crippen LogP contribution >= 0.6 is 39.1 Å². The number of rotatable bonds is 3. The zero-order valence-corrected chi connectivity index (χ0v) is 12.0. The zero-order chi connectivity index (χ0) is 12.4. The molecule has 0 spiro atoms. The molecular formula is C12H9BrCl2O2. The molecule has 0 saturated heterocycles. The van der Waals surface area contributed by atoms with Crippen molar-refractivity contribution in [3.05, 3.63) is 51.9 Å². The summed E-state index contributed by atoms with van der Waals surface area (Å²) >= 11 is 15.3. The highest BCUT2D eigenvalue weighted by Crippen LogP contribution is 2.36. The minimum atomic E-state index is -0.0848. The van der Waals surface area contributed by atoms with Crippen LogP contribution in [0.5, 0.6) is 5.75 Å². The minimum absolute atomic E-state index is 0.0848. The maximum absolute atomic E-state index is 6.06. The third kappa shape index (κ3) is 2.79. The fourth-order valence-corrected chi connectivity index (χ4v) is 2.42. The summed E-state index contributed by atoms with van der Waals surface area (Å²) in [6.45, 7) is 0. The van der Waals surface area contributed by atoms with Crippen LogP contribution in [0.1, 0.15) is 16.2 Å². The van der Waals surface area contributed by atoms with Crippen LogP contribution in [0.4, 0.5) is 0 Å². The lowest BCUT2D eigenvalue weighted by molar-refractivity contribution is 0.415. The molecule has 2 nitrogen and oxygen atoms in total. The van der Waals surface area contributed by atoms with Gasteiger partial charge in [-0.15, -0.1) is 0 Å². The van der Waals surface area contributed by atoms with E-state index in [1.165, 1.54) is 0 Å². The number of halogens is 3. The summed E-state index contributed by atoms with van der Waals surface area (Å²) < 4.78 is 10.4. The van der Waals surface area contributed by atoms with Crippen molar-refractivity contribution in [1.29, 1.82) is 0 Å². The van der Waals surface area contributed by atoms with Crippen molar-refractivity contribution in [2.24, 2.45) is 0 Å². The molecule has 17 heavy (non-hydrogen) atoms. The van der Waals surface area contributed by atoms with Gasteiger partial charge < -0.3 is 9.15 Å². The molecule has 0 aliphatic rings. The Morgan fingerprint density at radius 3 is 2.53 bits per heavy atom. The maximum Gasteiger partial charge on any atom is 0.193 e. The van der Waals surface area contributed by atoms with Crippen molar-refractivity contribution in [3.8, 4) is 5.75 Å². The Hall–Kier alpha value is -0.640. The van der Waals surface area contributed by atoms with Gasteiger partial charge in [-0.3, -0.25) is 0 Å². The molecule has 2 aromatic rings. The second-order valence-corrected chi connectivity index (χ2v) is 5.09. The quantitative estimate of drug-likeness (QED) is 0.730. The lowest BCUT2D eigenvalue weighted by atomic mass is 10.1. The predicted octanol–water partition coefficient (Wildman–Crippen LogP) is 5.08. The molecule has 5 heteroatoms. The summed E-state index contributed by atoms with van der Waals surface area (Å²) in [4.78, 5) is -0.0848. The Bertz CT molecular complexity index is 525. The van der Waals surface area contributed by atoms with E-state index >= 15 is 0 Å². The number of furan rings is 1. The van der Waals surface area contributed by atoms with Crippen LogP contribution in [-0.2, 0) is 0 Å². The first-order valence-corrected chi connectivity index (χ1v) is 6.51. The molecule has 1 atom stereocenters. The van der Waals surface area contributed by atoms with Crippen molar-refractivity contribution < 1.29 is 9.15 Å². The summed E-state index contributed by atoms with van der Waals surface area (Å²) in [6, 6.07) is 9.09. The van der Waals surface area contributed by atoms with Gasteiger partial charge in [0.1, 0.15) is 11.5 Å². The van der Waals surface area contributed by atoms with Gasteiger partial charge in [-0.25, -0.2) is 0 Å². The van der Waals surface area contributed by atoms with Crippen LogP contribution in [0.3, 0.4) is 0 Å². The fraction of sp³-hybridized carbons (Fsp3) is 0.167. The number of ether oxygens (including phenoxy) is 1. The largest absolute Gasteiger partial charge is 0.495 e. The van der Waals surface area contributed by atoms with E-state index in [4.69, 9.17) is 32.4 Å². The van der Waals surface area contributed by atoms with E-state index in [-0.39, 0.29) is 4.83 Å². The molecule has 0 N–H and O–H groups in total. The van der Waals surface area contributed by atoms with Crippen molar-refractivity contribution in [1.82, 2.24) is 0 Å². The van der Waals surface area contributed by atoms with Crippen molar-refractivity contribution >= 4 is 39.1 Å². The lowest BCUT2D eigenvalue weighted by Crippen LogP contribution is -1.92. The maximum atomic E-state index is 6.06. The van der Waals surface area contributed by atoms with Crippen LogP contribution in [0.25, 0.3) is 0 Å². The van der Waals surface area contributed by atoms with Gasteiger partial charge in [0.2, 0.25) is 0 Å². The van der Waals surface area contributed by atoms with Gasteiger partial charge in [0.15, 0.2) is 5.22 Å². The molecule has 0 saturated carbocycles. The molecule has 0 amide bonds. The summed E-state index contributed by atoms with van der Waals surface area (Å²) in [5.41, 5.74) is 0.974. The van der Waals surface area contributed by atoms with E-state index in [9.17, 15) is 0 Å². The highest BCUT2D eigenvalue weighted by Gasteiger charge is 2.15. The normalized spacial score (nSPS) is 12.5. The fourth-order valence-electron chi connectivity index (χ4n) is 1.47. The van der Waals surface area contributed by atoms with E-state index in [1.807, 2.05) is 24.3 Å². The number of alkyl halides is 1. The van der Waals surface area contributed by atoms with E-state index < -0.39 is 0 Å². The molecule has 1 aromatic heterocycles. The van der Waals surface area contributed by atoms with E-state index in [0.29, 0.717) is 16.0 Å². The number of methoxy groups -OCH3 is 1. The first kappa shape index (κ1) is 12.8. The highest BCUT2D eigenvalue weighted by atomic mass is 79.9. The highest BCUT2D eigenvalue weighted by molar-refractivity contribution is 9.09. The molecule has 0 aliphatic heterocycles. The smallest absolute Gasteiger partial charge is 0.193 e. The van der Waals surface area contributed by atoms with Gasteiger partial charge in [-0.05, 0) is 41.4 Å².